The van der Waals surface area contributed by atoms with Gasteiger partial charge in [0.1, 0.15) is 11.8 Å². The zero-order valence-corrected chi connectivity index (χ0v) is 15.0. The van der Waals surface area contributed by atoms with Crippen LogP contribution < -0.4 is 4.74 Å². The number of ether oxygens (including phenoxy) is 1. The van der Waals surface area contributed by atoms with Crippen molar-refractivity contribution in [1.29, 1.82) is 5.26 Å². The molecule has 26 heavy (non-hydrogen) atoms. The van der Waals surface area contributed by atoms with E-state index >= 15 is 0 Å². The second-order valence-electron chi connectivity index (χ2n) is 6.16. The topological polar surface area (TPSA) is 86.2 Å². The molecule has 1 aromatic heterocycles. The summed E-state index contributed by atoms with van der Waals surface area (Å²) < 4.78 is 33.0. The quantitative estimate of drug-likeness (QED) is 0.771. The fraction of sp³-hybridized carbons (Fsp3) is 0.211. The van der Waals surface area contributed by atoms with Gasteiger partial charge in [-0.2, -0.15) is 9.57 Å². The van der Waals surface area contributed by atoms with Gasteiger partial charge in [-0.1, -0.05) is 24.3 Å². The van der Waals surface area contributed by atoms with Crippen molar-refractivity contribution in [3.05, 3.63) is 59.3 Å². The van der Waals surface area contributed by atoms with Gasteiger partial charge in [-0.3, -0.25) is 0 Å². The molecule has 132 valence electrons. The number of methoxy groups -OCH3 is 1. The first kappa shape index (κ1) is 16.6. The van der Waals surface area contributed by atoms with E-state index < -0.39 is 10.0 Å². The van der Waals surface area contributed by atoms with E-state index in [2.05, 4.69) is 4.98 Å². The molecule has 0 saturated heterocycles. The molecule has 0 spiro atoms. The van der Waals surface area contributed by atoms with Gasteiger partial charge in [0.2, 0.25) is 10.0 Å². The number of rotatable bonds is 3. The van der Waals surface area contributed by atoms with Gasteiger partial charge in [-0.25, -0.2) is 8.42 Å². The van der Waals surface area contributed by atoms with Gasteiger partial charge in [-0.05, 0) is 23.8 Å². The van der Waals surface area contributed by atoms with Crippen molar-refractivity contribution >= 4 is 20.9 Å². The Kier molecular flexibility index (Phi) is 3.94. The van der Waals surface area contributed by atoms with Crippen LogP contribution >= 0.6 is 0 Å². The Labute approximate surface area is 151 Å². The van der Waals surface area contributed by atoms with Gasteiger partial charge in [0.25, 0.3) is 0 Å². The number of para-hydroxylation sites is 1. The van der Waals surface area contributed by atoms with Gasteiger partial charge in [0.05, 0.1) is 23.1 Å². The zero-order chi connectivity index (χ0) is 18.3. The van der Waals surface area contributed by atoms with Gasteiger partial charge in [0, 0.05) is 30.6 Å². The Morgan fingerprint density at radius 3 is 2.77 bits per heavy atom. The molecular formula is C19H17N3O3S. The highest BCUT2D eigenvalue weighted by Gasteiger charge is 2.32. The van der Waals surface area contributed by atoms with E-state index in [1.165, 1.54) is 16.4 Å². The molecule has 0 saturated carbocycles. The van der Waals surface area contributed by atoms with E-state index in [1.54, 1.807) is 19.2 Å². The monoisotopic (exact) mass is 367 g/mol. The van der Waals surface area contributed by atoms with Crippen LogP contribution in [0, 0.1) is 11.3 Å². The third-order valence-corrected chi connectivity index (χ3v) is 6.69. The smallest absolute Gasteiger partial charge is 0.244 e. The number of sulfonamides is 1. The van der Waals surface area contributed by atoms with E-state index in [0.29, 0.717) is 13.0 Å². The van der Waals surface area contributed by atoms with Gasteiger partial charge >= 0.3 is 0 Å². The maximum absolute atomic E-state index is 13.1. The van der Waals surface area contributed by atoms with Crippen molar-refractivity contribution in [2.75, 3.05) is 13.7 Å². The highest BCUT2D eigenvalue weighted by Crippen LogP contribution is 2.34. The molecule has 0 bridgehead atoms. The number of hydrogen-bond acceptors (Lipinski definition) is 4. The minimum atomic E-state index is -3.74. The first-order valence-electron chi connectivity index (χ1n) is 8.22. The summed E-state index contributed by atoms with van der Waals surface area (Å²) in [6.45, 7) is 0.634. The van der Waals surface area contributed by atoms with Crippen molar-refractivity contribution in [1.82, 2.24) is 9.29 Å². The SMILES string of the molecule is COc1cccc2c3c([nH]c12)CCN(S(=O)(=O)c1ccccc1C#N)C3. The number of benzene rings is 2. The molecule has 1 N–H and O–H groups in total. The molecule has 4 rings (SSSR count). The van der Waals surface area contributed by atoms with Crippen LogP contribution in [0.15, 0.2) is 47.4 Å². The average molecular weight is 367 g/mol. The molecule has 1 aliphatic rings. The summed E-state index contributed by atoms with van der Waals surface area (Å²) in [7, 11) is -2.13. The lowest BCUT2D eigenvalue weighted by atomic mass is 10.1. The van der Waals surface area contributed by atoms with E-state index in [-0.39, 0.29) is 17.0 Å². The number of nitriles is 1. The van der Waals surface area contributed by atoms with Crippen LogP contribution in [-0.2, 0) is 23.0 Å². The molecule has 7 heteroatoms. The summed E-state index contributed by atoms with van der Waals surface area (Å²) in [6, 6.07) is 14.0. The highest BCUT2D eigenvalue weighted by molar-refractivity contribution is 7.89. The summed E-state index contributed by atoms with van der Waals surface area (Å²) in [6.07, 6.45) is 0.584. The lowest BCUT2D eigenvalue weighted by Crippen LogP contribution is -2.36. The molecule has 0 radical (unpaired) electrons. The first-order chi connectivity index (χ1) is 12.6. The van der Waals surface area contributed by atoms with Crippen molar-refractivity contribution in [3.63, 3.8) is 0 Å². The fourth-order valence-electron chi connectivity index (χ4n) is 3.48. The first-order valence-corrected chi connectivity index (χ1v) is 9.66. The van der Waals surface area contributed by atoms with Crippen LogP contribution in [0.2, 0.25) is 0 Å². The lowest BCUT2D eigenvalue weighted by molar-refractivity contribution is 0.391. The van der Waals surface area contributed by atoms with Gasteiger partial charge in [-0.15, -0.1) is 0 Å². The Balaban J connectivity index is 1.78. The normalized spacial score (nSPS) is 14.8. The standard InChI is InChI=1S/C19H17N3O3S/c1-25-17-7-4-6-14-15-12-22(10-9-16(15)21-19(14)17)26(23,24)18-8-3-2-5-13(18)11-20/h2-8,21H,9-10,12H2,1H3. The van der Waals surface area contributed by atoms with Crippen LogP contribution in [0.4, 0.5) is 0 Å². The minimum Gasteiger partial charge on any atom is -0.495 e. The molecule has 0 unspecified atom stereocenters. The van der Waals surface area contributed by atoms with Crippen LogP contribution in [0.1, 0.15) is 16.8 Å². The Morgan fingerprint density at radius 2 is 2.00 bits per heavy atom. The third kappa shape index (κ3) is 2.46. The van der Waals surface area contributed by atoms with Crippen LogP contribution in [0.3, 0.4) is 0 Å². The summed E-state index contributed by atoms with van der Waals surface area (Å²) in [4.78, 5) is 3.43. The molecule has 1 aliphatic heterocycles. The largest absolute Gasteiger partial charge is 0.495 e. The van der Waals surface area contributed by atoms with E-state index in [9.17, 15) is 13.7 Å². The van der Waals surface area contributed by atoms with Gasteiger partial charge < -0.3 is 9.72 Å². The maximum Gasteiger partial charge on any atom is 0.244 e. The molecule has 3 aromatic rings. The van der Waals surface area contributed by atoms with Crippen molar-refractivity contribution in [2.45, 2.75) is 17.9 Å². The van der Waals surface area contributed by atoms with Crippen LogP contribution in [0.5, 0.6) is 5.75 Å². The number of nitrogens with zero attached hydrogens (tertiary/aromatic N) is 2. The average Bonchev–Trinajstić information content (AvgIpc) is 3.05. The second kappa shape index (κ2) is 6.16. The lowest BCUT2D eigenvalue weighted by Gasteiger charge is -2.26. The number of aromatic nitrogens is 1. The van der Waals surface area contributed by atoms with Crippen LogP contribution in [-0.4, -0.2) is 31.4 Å². The molecule has 2 heterocycles. The molecule has 0 fully saturated rings. The summed E-state index contributed by atoms with van der Waals surface area (Å²) in [5.41, 5.74) is 3.04. The Morgan fingerprint density at radius 1 is 1.19 bits per heavy atom. The highest BCUT2D eigenvalue weighted by atomic mass is 32.2. The molecule has 6 nitrogen and oxygen atoms in total. The molecule has 0 aliphatic carbocycles. The number of fused-ring (bicyclic) bond motifs is 3. The summed E-state index contributed by atoms with van der Waals surface area (Å²) in [5, 5.41) is 10.2. The third-order valence-electron chi connectivity index (χ3n) is 4.78. The van der Waals surface area contributed by atoms with E-state index in [4.69, 9.17) is 4.74 Å². The van der Waals surface area contributed by atoms with Crippen molar-refractivity contribution < 1.29 is 13.2 Å². The van der Waals surface area contributed by atoms with Crippen molar-refractivity contribution in [2.24, 2.45) is 0 Å². The Bertz CT molecular complexity index is 1140. The number of H-pyrrole nitrogens is 1. The van der Waals surface area contributed by atoms with Gasteiger partial charge in [0.15, 0.2) is 0 Å². The number of nitrogens with one attached hydrogen (secondary N) is 1. The fourth-order valence-corrected chi connectivity index (χ4v) is 5.04. The van der Waals surface area contributed by atoms with E-state index in [1.807, 2.05) is 24.3 Å². The zero-order valence-electron chi connectivity index (χ0n) is 14.2. The van der Waals surface area contributed by atoms with Crippen LogP contribution in [0.25, 0.3) is 10.9 Å². The van der Waals surface area contributed by atoms with E-state index in [0.717, 1.165) is 27.9 Å². The predicted octanol–water partition coefficient (Wildman–Crippen LogP) is 2.80. The number of aromatic amines is 1. The van der Waals surface area contributed by atoms with Crippen molar-refractivity contribution in [3.8, 4) is 11.8 Å². The molecule has 0 amide bonds. The summed E-state index contributed by atoms with van der Waals surface area (Å²) in [5.74, 6) is 0.737. The maximum atomic E-state index is 13.1. The second-order valence-corrected chi connectivity index (χ2v) is 8.07. The summed E-state index contributed by atoms with van der Waals surface area (Å²) >= 11 is 0. The molecule has 2 aromatic carbocycles. The predicted molar refractivity (Wildman–Crippen MR) is 97.3 cm³/mol. The Hall–Kier alpha value is -2.82. The molecular weight excluding hydrogens is 350 g/mol. The number of hydrogen-bond donors (Lipinski definition) is 1. The molecule has 0 atom stereocenters. The minimum absolute atomic E-state index is 0.0587.